The molecule has 1 unspecified atom stereocenters. The van der Waals surface area contributed by atoms with Crippen molar-refractivity contribution in [3.63, 3.8) is 0 Å². The number of rotatable bonds is 3. The third kappa shape index (κ3) is 2.75. The van der Waals surface area contributed by atoms with Crippen molar-refractivity contribution in [1.29, 1.82) is 0 Å². The van der Waals surface area contributed by atoms with E-state index in [2.05, 4.69) is 5.32 Å². The van der Waals surface area contributed by atoms with E-state index in [4.69, 9.17) is 5.11 Å². The summed E-state index contributed by atoms with van der Waals surface area (Å²) in [6.45, 7) is 2.21. The van der Waals surface area contributed by atoms with Crippen molar-refractivity contribution < 1.29 is 19.8 Å². The van der Waals surface area contributed by atoms with Crippen LogP contribution in [0.15, 0.2) is 18.2 Å². The predicted molar refractivity (Wildman–Crippen MR) is 74.0 cm³/mol. The molecule has 1 aromatic carbocycles. The Morgan fingerprint density at radius 3 is 2.85 bits per heavy atom. The molecule has 0 spiro atoms. The first-order valence-corrected chi connectivity index (χ1v) is 6.56. The van der Waals surface area contributed by atoms with Crippen LogP contribution in [-0.2, 0) is 0 Å². The molecule has 6 nitrogen and oxygen atoms in total. The second-order valence-electron chi connectivity index (χ2n) is 4.89. The van der Waals surface area contributed by atoms with Gasteiger partial charge in [0, 0.05) is 12.2 Å². The quantitative estimate of drug-likeness (QED) is 0.784. The molecule has 2 amide bonds. The van der Waals surface area contributed by atoms with Crippen molar-refractivity contribution in [2.45, 2.75) is 25.8 Å². The van der Waals surface area contributed by atoms with E-state index in [-0.39, 0.29) is 24.2 Å². The van der Waals surface area contributed by atoms with Crippen molar-refractivity contribution in [2.24, 2.45) is 0 Å². The van der Waals surface area contributed by atoms with Gasteiger partial charge in [-0.25, -0.2) is 9.59 Å². The summed E-state index contributed by atoms with van der Waals surface area (Å²) in [5, 5.41) is 21.0. The van der Waals surface area contributed by atoms with E-state index < -0.39 is 5.97 Å². The van der Waals surface area contributed by atoms with Crippen molar-refractivity contribution in [3.05, 3.63) is 29.3 Å². The summed E-state index contributed by atoms with van der Waals surface area (Å²) in [5.74, 6) is -1.02. The van der Waals surface area contributed by atoms with Gasteiger partial charge in [0.1, 0.15) is 0 Å². The van der Waals surface area contributed by atoms with Gasteiger partial charge in [-0.15, -0.1) is 0 Å². The number of urea groups is 1. The Balaban J connectivity index is 2.16. The zero-order valence-electron chi connectivity index (χ0n) is 11.3. The van der Waals surface area contributed by atoms with Crippen LogP contribution in [0.1, 0.15) is 28.8 Å². The molecule has 1 heterocycles. The Kier molecular flexibility index (Phi) is 4.24. The molecule has 108 valence electrons. The van der Waals surface area contributed by atoms with Gasteiger partial charge in [0.15, 0.2) is 0 Å². The third-order valence-electron chi connectivity index (χ3n) is 3.65. The molecule has 1 atom stereocenters. The molecule has 1 fully saturated rings. The molecule has 3 N–H and O–H groups in total. The minimum Gasteiger partial charge on any atom is -0.478 e. The smallest absolute Gasteiger partial charge is 0.336 e. The van der Waals surface area contributed by atoms with Gasteiger partial charge in [-0.1, -0.05) is 6.07 Å². The first-order valence-electron chi connectivity index (χ1n) is 6.56. The summed E-state index contributed by atoms with van der Waals surface area (Å²) in [6, 6.07) is 4.31. The number of anilines is 1. The Hall–Kier alpha value is -2.08. The largest absolute Gasteiger partial charge is 0.478 e. The number of carbonyl (C=O) groups is 2. The fourth-order valence-corrected chi connectivity index (χ4v) is 2.48. The van der Waals surface area contributed by atoms with Gasteiger partial charge >= 0.3 is 12.0 Å². The van der Waals surface area contributed by atoms with E-state index in [1.807, 2.05) is 0 Å². The van der Waals surface area contributed by atoms with Crippen molar-refractivity contribution in [1.82, 2.24) is 4.90 Å². The van der Waals surface area contributed by atoms with Crippen LogP contribution in [0.3, 0.4) is 0 Å². The molecule has 0 bridgehead atoms. The number of aromatic carboxylic acids is 1. The Bertz CT molecular complexity index is 530. The monoisotopic (exact) mass is 278 g/mol. The molecule has 2 rings (SSSR count). The lowest BCUT2D eigenvalue weighted by Crippen LogP contribution is -2.40. The summed E-state index contributed by atoms with van der Waals surface area (Å²) < 4.78 is 0. The highest BCUT2D eigenvalue weighted by atomic mass is 16.4. The van der Waals surface area contributed by atoms with Crippen LogP contribution in [0.25, 0.3) is 0 Å². The standard InChI is InChI=1S/C14H18N2O4/c1-9-11(13(18)19)5-2-6-12(9)15-14(20)16-7-3-4-10(16)8-17/h2,5-6,10,17H,3-4,7-8H2,1H3,(H,15,20)(H,18,19). The molecule has 0 aliphatic carbocycles. The maximum atomic E-state index is 12.2. The maximum absolute atomic E-state index is 12.2. The highest BCUT2D eigenvalue weighted by molar-refractivity contribution is 5.95. The van der Waals surface area contributed by atoms with Gasteiger partial charge < -0.3 is 20.4 Å². The zero-order chi connectivity index (χ0) is 14.7. The lowest BCUT2D eigenvalue weighted by molar-refractivity contribution is 0.0696. The molecule has 0 saturated carbocycles. The number of aliphatic hydroxyl groups is 1. The second-order valence-corrected chi connectivity index (χ2v) is 4.89. The average molecular weight is 278 g/mol. The molecule has 1 aliphatic rings. The topological polar surface area (TPSA) is 89.9 Å². The molecule has 0 aromatic heterocycles. The van der Waals surface area contributed by atoms with Crippen LogP contribution in [-0.4, -0.2) is 46.3 Å². The fourth-order valence-electron chi connectivity index (χ4n) is 2.48. The number of likely N-dealkylation sites (tertiary alicyclic amines) is 1. The number of benzene rings is 1. The Morgan fingerprint density at radius 2 is 2.20 bits per heavy atom. The third-order valence-corrected chi connectivity index (χ3v) is 3.65. The normalized spacial score (nSPS) is 18.1. The number of carboxylic acids is 1. The second kappa shape index (κ2) is 5.92. The number of carbonyl (C=O) groups excluding carboxylic acids is 1. The molecule has 6 heteroatoms. The average Bonchev–Trinajstić information content (AvgIpc) is 2.89. The lowest BCUT2D eigenvalue weighted by Gasteiger charge is -2.24. The summed E-state index contributed by atoms with van der Waals surface area (Å²) in [5.41, 5.74) is 1.18. The maximum Gasteiger partial charge on any atom is 0.336 e. The van der Waals surface area contributed by atoms with Gasteiger partial charge in [0.05, 0.1) is 18.2 Å². The molecule has 1 aliphatic heterocycles. The first kappa shape index (κ1) is 14.3. The van der Waals surface area contributed by atoms with E-state index in [1.165, 1.54) is 6.07 Å². The van der Waals surface area contributed by atoms with E-state index in [0.717, 1.165) is 12.8 Å². The zero-order valence-corrected chi connectivity index (χ0v) is 11.3. The minimum atomic E-state index is -1.02. The van der Waals surface area contributed by atoms with Gasteiger partial charge in [0.2, 0.25) is 0 Å². The number of aliphatic hydroxyl groups excluding tert-OH is 1. The Labute approximate surface area is 117 Å². The van der Waals surface area contributed by atoms with E-state index >= 15 is 0 Å². The Morgan fingerprint density at radius 1 is 1.45 bits per heavy atom. The van der Waals surface area contributed by atoms with Crippen molar-refractivity contribution in [2.75, 3.05) is 18.5 Å². The van der Waals surface area contributed by atoms with Crippen molar-refractivity contribution in [3.8, 4) is 0 Å². The predicted octanol–water partition coefficient (Wildman–Crippen LogP) is 1.68. The molecular weight excluding hydrogens is 260 g/mol. The van der Waals surface area contributed by atoms with E-state index in [9.17, 15) is 14.7 Å². The number of hydrogen-bond acceptors (Lipinski definition) is 3. The number of hydrogen-bond donors (Lipinski definition) is 3. The molecule has 1 aromatic rings. The highest BCUT2D eigenvalue weighted by Gasteiger charge is 2.28. The SMILES string of the molecule is Cc1c(NC(=O)N2CCCC2CO)cccc1C(=O)O. The first-order chi connectivity index (χ1) is 9.54. The van der Waals surface area contributed by atoms with E-state index in [0.29, 0.717) is 17.8 Å². The van der Waals surface area contributed by atoms with Crippen LogP contribution in [0, 0.1) is 6.92 Å². The van der Waals surface area contributed by atoms with Crippen LogP contribution >= 0.6 is 0 Å². The summed E-state index contributed by atoms with van der Waals surface area (Å²) in [6.07, 6.45) is 1.66. The lowest BCUT2D eigenvalue weighted by atomic mass is 10.1. The number of carboxylic acid groups (broad SMARTS) is 1. The summed E-state index contributed by atoms with van der Waals surface area (Å²) in [4.78, 5) is 24.8. The number of amides is 2. The van der Waals surface area contributed by atoms with Crippen LogP contribution < -0.4 is 5.32 Å². The van der Waals surface area contributed by atoms with Gasteiger partial charge in [0.25, 0.3) is 0 Å². The molecule has 1 saturated heterocycles. The molecule has 20 heavy (non-hydrogen) atoms. The van der Waals surface area contributed by atoms with Gasteiger partial charge in [-0.2, -0.15) is 0 Å². The fraction of sp³-hybridized carbons (Fsp3) is 0.429. The number of nitrogens with zero attached hydrogens (tertiary/aromatic N) is 1. The molecule has 0 radical (unpaired) electrons. The van der Waals surface area contributed by atoms with E-state index in [1.54, 1.807) is 24.0 Å². The summed E-state index contributed by atoms with van der Waals surface area (Å²) in [7, 11) is 0. The number of nitrogens with one attached hydrogen (secondary N) is 1. The van der Waals surface area contributed by atoms with Crippen molar-refractivity contribution >= 4 is 17.7 Å². The highest BCUT2D eigenvalue weighted by Crippen LogP contribution is 2.22. The van der Waals surface area contributed by atoms with Crippen LogP contribution in [0.4, 0.5) is 10.5 Å². The minimum absolute atomic E-state index is 0.0540. The van der Waals surface area contributed by atoms with Crippen LogP contribution in [0.2, 0.25) is 0 Å². The van der Waals surface area contributed by atoms with Gasteiger partial charge in [-0.3, -0.25) is 0 Å². The molecular formula is C14H18N2O4. The van der Waals surface area contributed by atoms with Crippen LogP contribution in [0.5, 0.6) is 0 Å². The van der Waals surface area contributed by atoms with Gasteiger partial charge in [-0.05, 0) is 37.5 Å². The summed E-state index contributed by atoms with van der Waals surface area (Å²) >= 11 is 0.